The molecule has 0 saturated carbocycles. The first-order valence-electron chi connectivity index (χ1n) is 5.52. The SMILES string of the molecule is CC1CC[C@H](C)O1.C[N-]c1ccccc1.[Li+]. The van der Waals surface area contributed by atoms with E-state index in [2.05, 4.69) is 19.2 Å². The fraction of sp³-hybridized carbons (Fsp3) is 0.538. The van der Waals surface area contributed by atoms with E-state index in [0.29, 0.717) is 12.2 Å². The zero-order chi connectivity index (χ0) is 11.1. The smallest absolute Gasteiger partial charge is 0.687 e. The van der Waals surface area contributed by atoms with E-state index in [4.69, 9.17) is 4.74 Å². The average molecular weight is 213 g/mol. The molecule has 1 heterocycles. The topological polar surface area (TPSA) is 23.3 Å². The van der Waals surface area contributed by atoms with Crippen LogP contribution in [0.1, 0.15) is 26.7 Å². The summed E-state index contributed by atoms with van der Waals surface area (Å²) in [5.74, 6) is 0. The van der Waals surface area contributed by atoms with Crippen LogP contribution in [0.3, 0.4) is 0 Å². The Morgan fingerprint density at radius 2 is 1.56 bits per heavy atom. The molecule has 0 spiro atoms. The molecule has 16 heavy (non-hydrogen) atoms. The summed E-state index contributed by atoms with van der Waals surface area (Å²) in [5.41, 5.74) is 1.03. The Bertz CT molecular complexity index is 258. The van der Waals surface area contributed by atoms with Gasteiger partial charge in [-0.15, -0.1) is 12.7 Å². The van der Waals surface area contributed by atoms with Gasteiger partial charge in [0.15, 0.2) is 0 Å². The van der Waals surface area contributed by atoms with E-state index in [1.807, 2.05) is 30.3 Å². The number of rotatable bonds is 1. The van der Waals surface area contributed by atoms with Gasteiger partial charge in [0.25, 0.3) is 0 Å². The molecule has 0 aromatic heterocycles. The molecular formula is C13H20LiNO. The van der Waals surface area contributed by atoms with Gasteiger partial charge >= 0.3 is 18.9 Å². The minimum Gasteiger partial charge on any atom is -0.687 e. The number of benzene rings is 1. The van der Waals surface area contributed by atoms with Crippen molar-refractivity contribution in [3.05, 3.63) is 35.6 Å². The first kappa shape index (κ1) is 15.6. The predicted molar refractivity (Wildman–Crippen MR) is 64.6 cm³/mol. The van der Waals surface area contributed by atoms with Crippen LogP contribution in [0.5, 0.6) is 0 Å². The average Bonchev–Trinajstić information content (AvgIpc) is 2.65. The van der Waals surface area contributed by atoms with E-state index in [1.165, 1.54) is 12.8 Å². The van der Waals surface area contributed by atoms with E-state index in [1.54, 1.807) is 7.05 Å². The van der Waals surface area contributed by atoms with Crippen LogP contribution in [0.15, 0.2) is 30.3 Å². The minimum absolute atomic E-state index is 0. The standard InChI is InChI=1S/C7H8N.C6H12O.Li/c1-8-7-5-3-2-4-6-7;1-5-3-4-6(2)7-5;/h2-6H,1H3;5-6H,3-4H2,1-2H3;/q-1;;+1/t;5-,6?;/m.0./s1. The largest absolute Gasteiger partial charge is 1.00 e. The van der Waals surface area contributed by atoms with E-state index in [0.717, 1.165) is 5.69 Å². The molecule has 0 radical (unpaired) electrons. The van der Waals surface area contributed by atoms with Crippen LogP contribution in [0.2, 0.25) is 0 Å². The molecule has 84 valence electrons. The van der Waals surface area contributed by atoms with Gasteiger partial charge in [-0.1, -0.05) is 30.3 Å². The van der Waals surface area contributed by atoms with Crippen LogP contribution < -0.4 is 18.9 Å². The van der Waals surface area contributed by atoms with Crippen molar-refractivity contribution >= 4 is 5.69 Å². The maximum Gasteiger partial charge on any atom is 1.00 e. The molecule has 0 amide bonds. The van der Waals surface area contributed by atoms with E-state index in [-0.39, 0.29) is 18.9 Å². The van der Waals surface area contributed by atoms with Gasteiger partial charge in [0, 0.05) is 0 Å². The van der Waals surface area contributed by atoms with Crippen LogP contribution in [0.4, 0.5) is 5.69 Å². The van der Waals surface area contributed by atoms with E-state index in [9.17, 15) is 0 Å². The molecular weight excluding hydrogens is 193 g/mol. The molecule has 2 nitrogen and oxygen atoms in total. The molecule has 2 rings (SSSR count). The van der Waals surface area contributed by atoms with Crippen molar-refractivity contribution in [2.45, 2.75) is 38.9 Å². The molecule has 1 aliphatic heterocycles. The van der Waals surface area contributed by atoms with Crippen molar-refractivity contribution in [1.29, 1.82) is 0 Å². The summed E-state index contributed by atoms with van der Waals surface area (Å²) in [6, 6.07) is 9.87. The second kappa shape index (κ2) is 8.70. The Morgan fingerprint density at radius 3 is 1.81 bits per heavy atom. The number of ether oxygens (including phenoxy) is 1. The van der Waals surface area contributed by atoms with Gasteiger partial charge in [-0.2, -0.15) is 0 Å². The molecule has 3 heteroatoms. The first-order valence-corrected chi connectivity index (χ1v) is 5.52. The van der Waals surface area contributed by atoms with Crippen molar-refractivity contribution in [3.8, 4) is 0 Å². The normalized spacial score (nSPS) is 22.7. The quantitative estimate of drug-likeness (QED) is 0.636. The second-order valence-corrected chi connectivity index (χ2v) is 3.89. The number of hydrogen-bond donors (Lipinski definition) is 0. The predicted octanol–water partition coefficient (Wildman–Crippen LogP) is 0.899. The van der Waals surface area contributed by atoms with Crippen LogP contribution in [-0.4, -0.2) is 19.3 Å². The third kappa shape index (κ3) is 6.22. The molecule has 1 aromatic carbocycles. The fourth-order valence-electron chi connectivity index (χ4n) is 1.58. The maximum absolute atomic E-state index is 5.36. The molecule has 0 aliphatic carbocycles. The monoisotopic (exact) mass is 213 g/mol. The number of para-hydroxylation sites is 1. The van der Waals surface area contributed by atoms with Crippen molar-refractivity contribution in [3.63, 3.8) is 0 Å². The van der Waals surface area contributed by atoms with Crippen LogP contribution in [0, 0.1) is 0 Å². The van der Waals surface area contributed by atoms with Crippen LogP contribution >= 0.6 is 0 Å². The Balaban J connectivity index is 0.000000267. The second-order valence-electron chi connectivity index (χ2n) is 3.89. The van der Waals surface area contributed by atoms with Gasteiger partial charge in [0.1, 0.15) is 0 Å². The fourth-order valence-corrected chi connectivity index (χ4v) is 1.58. The molecule has 1 unspecified atom stereocenters. The number of nitrogens with zero attached hydrogens (tertiary/aromatic N) is 1. The van der Waals surface area contributed by atoms with Gasteiger partial charge < -0.3 is 10.1 Å². The maximum atomic E-state index is 5.36. The zero-order valence-corrected chi connectivity index (χ0v) is 10.8. The molecule has 1 saturated heterocycles. The van der Waals surface area contributed by atoms with Crippen molar-refractivity contribution in [2.24, 2.45) is 0 Å². The Kier molecular flexibility index (Phi) is 8.47. The first-order chi connectivity index (χ1) is 7.22. The van der Waals surface area contributed by atoms with Crippen LogP contribution in [0.25, 0.3) is 5.32 Å². The van der Waals surface area contributed by atoms with Gasteiger partial charge in [-0.3, -0.25) is 0 Å². The molecule has 1 aliphatic rings. The zero-order valence-electron chi connectivity index (χ0n) is 10.8. The van der Waals surface area contributed by atoms with E-state index < -0.39 is 0 Å². The minimum atomic E-state index is 0. The summed E-state index contributed by atoms with van der Waals surface area (Å²) < 4.78 is 5.36. The molecule has 0 bridgehead atoms. The Labute approximate surface area is 111 Å². The molecule has 2 atom stereocenters. The molecule has 1 fully saturated rings. The Morgan fingerprint density at radius 1 is 1.06 bits per heavy atom. The van der Waals surface area contributed by atoms with Gasteiger partial charge in [-0.25, -0.2) is 0 Å². The summed E-state index contributed by atoms with van der Waals surface area (Å²) in [6.07, 6.45) is 3.55. The third-order valence-electron chi connectivity index (χ3n) is 2.46. The third-order valence-corrected chi connectivity index (χ3v) is 2.46. The number of hydrogen-bond acceptors (Lipinski definition) is 1. The molecule has 0 N–H and O–H groups in total. The summed E-state index contributed by atoms with van der Waals surface area (Å²) in [7, 11) is 1.79. The molecule has 1 aromatic rings. The van der Waals surface area contributed by atoms with Crippen molar-refractivity contribution < 1.29 is 23.6 Å². The Hall–Kier alpha value is -0.423. The van der Waals surface area contributed by atoms with Crippen LogP contribution in [-0.2, 0) is 4.74 Å². The van der Waals surface area contributed by atoms with Gasteiger partial charge in [0.2, 0.25) is 0 Å². The van der Waals surface area contributed by atoms with Crippen molar-refractivity contribution in [1.82, 2.24) is 0 Å². The summed E-state index contributed by atoms with van der Waals surface area (Å²) in [5, 5.41) is 3.97. The summed E-state index contributed by atoms with van der Waals surface area (Å²) >= 11 is 0. The van der Waals surface area contributed by atoms with Crippen molar-refractivity contribution in [2.75, 3.05) is 7.05 Å². The van der Waals surface area contributed by atoms with Gasteiger partial charge in [-0.05, 0) is 26.7 Å². The van der Waals surface area contributed by atoms with Gasteiger partial charge in [0.05, 0.1) is 12.2 Å². The van der Waals surface area contributed by atoms with E-state index >= 15 is 0 Å². The summed E-state index contributed by atoms with van der Waals surface area (Å²) in [6.45, 7) is 4.26. The summed E-state index contributed by atoms with van der Waals surface area (Å²) in [4.78, 5) is 0.